The van der Waals surface area contributed by atoms with Crippen LogP contribution in [0, 0.1) is 0 Å². The second-order valence-corrected chi connectivity index (χ2v) is 9.06. The van der Waals surface area contributed by atoms with Gasteiger partial charge in [0.25, 0.3) is 5.91 Å². The lowest BCUT2D eigenvalue weighted by atomic mass is 9.92. The first-order valence-electron chi connectivity index (χ1n) is 12.3. The summed E-state index contributed by atoms with van der Waals surface area (Å²) < 4.78 is 5.43. The van der Waals surface area contributed by atoms with Gasteiger partial charge in [-0.3, -0.25) is 14.8 Å². The number of carbonyl (C=O) groups is 1. The van der Waals surface area contributed by atoms with Crippen molar-refractivity contribution in [2.45, 2.75) is 33.6 Å². The molecule has 1 aromatic heterocycles. The highest BCUT2D eigenvalue weighted by atomic mass is 16.6. The highest BCUT2D eigenvalue weighted by molar-refractivity contribution is 6.02. The van der Waals surface area contributed by atoms with Crippen molar-refractivity contribution < 1.29 is 14.4 Å². The van der Waals surface area contributed by atoms with Crippen LogP contribution in [0.4, 0.5) is 5.69 Å². The first-order chi connectivity index (χ1) is 17.3. The summed E-state index contributed by atoms with van der Waals surface area (Å²) in [5, 5.41) is 10.3. The fraction of sp³-hybridized carbons (Fsp3) is 0.407. The van der Waals surface area contributed by atoms with Gasteiger partial charge >= 0.3 is 0 Å². The number of nitrogens with two attached hydrogens (primary N) is 2. The van der Waals surface area contributed by atoms with Gasteiger partial charge in [-0.15, -0.1) is 0 Å². The molecule has 1 fully saturated rings. The Morgan fingerprint density at radius 3 is 2.67 bits per heavy atom. The summed E-state index contributed by atoms with van der Waals surface area (Å²) in [7, 11) is 0. The summed E-state index contributed by atoms with van der Waals surface area (Å²) in [5.74, 6) is 5.91. The zero-order chi connectivity index (χ0) is 26.2. The molecule has 6 N–H and O–H groups in total. The Hall–Kier alpha value is -3.40. The van der Waals surface area contributed by atoms with Gasteiger partial charge in [-0.05, 0) is 42.5 Å². The molecule has 1 aliphatic heterocycles. The van der Waals surface area contributed by atoms with Gasteiger partial charge in [0.2, 0.25) is 0 Å². The van der Waals surface area contributed by atoms with Crippen molar-refractivity contribution in [3.8, 4) is 17.0 Å². The summed E-state index contributed by atoms with van der Waals surface area (Å²) in [6, 6.07) is 3.64. The van der Waals surface area contributed by atoms with E-state index >= 15 is 0 Å². The normalized spacial score (nSPS) is 15.0. The van der Waals surface area contributed by atoms with E-state index in [2.05, 4.69) is 40.8 Å². The Balaban J connectivity index is 2.06. The largest absolute Gasteiger partial charge is 0.411 e. The van der Waals surface area contributed by atoms with Crippen molar-refractivity contribution in [1.29, 1.82) is 0 Å². The number of rotatable bonds is 10. The number of allylic oxidation sites excluding steroid dienone is 3. The smallest absolute Gasteiger partial charge is 0.272 e. The number of aromatic nitrogens is 2. The molecule has 3 rings (SSSR count). The Bertz CT molecular complexity index is 1140. The first kappa shape index (κ1) is 27.2. The molecule has 36 heavy (non-hydrogen) atoms. The van der Waals surface area contributed by atoms with E-state index in [4.69, 9.17) is 21.2 Å². The molecular formula is C27H38N6O3. The molecule has 0 bridgehead atoms. The van der Waals surface area contributed by atoms with Crippen LogP contribution in [0.5, 0.6) is 5.75 Å². The van der Waals surface area contributed by atoms with E-state index in [0.717, 1.165) is 49.6 Å². The van der Waals surface area contributed by atoms with Gasteiger partial charge in [-0.25, -0.2) is 0 Å². The lowest BCUT2D eigenvalue weighted by Crippen LogP contribution is -2.37. The average Bonchev–Trinajstić information content (AvgIpc) is 3.29. The third-order valence-electron chi connectivity index (χ3n) is 6.15. The zero-order valence-corrected chi connectivity index (χ0v) is 21.7. The number of nitrogen functional groups attached to an aromatic ring is 1. The first-order valence-corrected chi connectivity index (χ1v) is 12.3. The fourth-order valence-corrected chi connectivity index (χ4v) is 4.26. The minimum absolute atomic E-state index is 0.175. The number of anilines is 1. The molecule has 0 radical (unpaired) electrons. The Labute approximate surface area is 213 Å². The molecule has 9 heteroatoms. The number of benzene rings is 1. The Morgan fingerprint density at radius 2 is 2.06 bits per heavy atom. The number of ether oxygens (including phenoxy) is 1. The van der Waals surface area contributed by atoms with Gasteiger partial charge in [0, 0.05) is 49.1 Å². The number of amides is 1. The van der Waals surface area contributed by atoms with Gasteiger partial charge < -0.3 is 20.6 Å². The second-order valence-electron chi connectivity index (χ2n) is 9.06. The van der Waals surface area contributed by atoms with E-state index in [0.29, 0.717) is 34.8 Å². The lowest BCUT2D eigenvalue weighted by Gasteiger charge is -2.26. The highest BCUT2D eigenvalue weighted by Gasteiger charge is 2.25. The van der Waals surface area contributed by atoms with Crippen LogP contribution in [0.25, 0.3) is 16.8 Å². The van der Waals surface area contributed by atoms with Gasteiger partial charge in [-0.2, -0.15) is 11.0 Å². The molecule has 1 saturated heterocycles. The number of H-pyrrole nitrogens is 1. The van der Waals surface area contributed by atoms with Crippen molar-refractivity contribution >= 4 is 17.2 Å². The van der Waals surface area contributed by atoms with Crippen LogP contribution < -0.4 is 21.8 Å². The molecule has 0 saturated carbocycles. The van der Waals surface area contributed by atoms with Crippen LogP contribution in [-0.2, 0) is 4.74 Å². The van der Waals surface area contributed by atoms with Gasteiger partial charge in [0.05, 0.1) is 18.9 Å². The minimum atomic E-state index is -0.273. The zero-order valence-electron chi connectivity index (χ0n) is 21.7. The summed E-state index contributed by atoms with van der Waals surface area (Å²) in [6.07, 6.45) is 5.88. The monoisotopic (exact) mass is 494 g/mol. The molecule has 1 amide bonds. The SMILES string of the molecule is C=C(/C=C\C(=C/C)c1c(C(=O)NCC)n[nH]c1-c1cc(C(C)C)c(N)cc1ON)CN1CCOCC1. The maximum absolute atomic E-state index is 13.0. The van der Waals surface area contributed by atoms with Gasteiger partial charge in [-0.1, -0.05) is 38.7 Å². The van der Waals surface area contributed by atoms with Crippen LogP contribution >= 0.6 is 0 Å². The van der Waals surface area contributed by atoms with Crippen LogP contribution in [0.2, 0.25) is 0 Å². The van der Waals surface area contributed by atoms with Crippen LogP contribution in [-0.4, -0.2) is 60.4 Å². The number of morpholine rings is 1. The van der Waals surface area contributed by atoms with E-state index in [-0.39, 0.29) is 17.5 Å². The number of hydrogen-bond donors (Lipinski definition) is 4. The lowest BCUT2D eigenvalue weighted by molar-refractivity contribution is 0.0426. The molecule has 2 aromatic rings. The standard InChI is InChI=1S/C27H38N6O3/c1-6-19(9-8-18(5)16-33-10-12-35-13-11-33)24-25(31-32-26(24)27(34)30-7-2)21-14-20(17(3)4)22(28)15-23(21)36-29/h6,8-9,14-15,17H,5,7,10-13,16,28-29H2,1-4H3,(H,30,34)(H,31,32)/b9-8-,19-6+. The summed E-state index contributed by atoms with van der Waals surface area (Å²) >= 11 is 0. The number of hydrogen-bond acceptors (Lipinski definition) is 7. The van der Waals surface area contributed by atoms with Gasteiger partial charge in [0.15, 0.2) is 11.4 Å². The number of aromatic amines is 1. The van der Waals surface area contributed by atoms with Crippen LogP contribution in [0.1, 0.15) is 55.2 Å². The molecule has 0 spiro atoms. The molecule has 0 aliphatic carbocycles. The van der Waals surface area contributed by atoms with Crippen molar-refractivity contribution in [2.24, 2.45) is 5.90 Å². The molecule has 1 aromatic carbocycles. The predicted octanol–water partition coefficient (Wildman–Crippen LogP) is 3.63. The van der Waals surface area contributed by atoms with Crippen LogP contribution in [0.15, 0.2) is 42.5 Å². The van der Waals surface area contributed by atoms with E-state index in [1.165, 1.54) is 0 Å². The predicted molar refractivity (Wildman–Crippen MR) is 145 cm³/mol. The van der Waals surface area contributed by atoms with Crippen LogP contribution in [0.3, 0.4) is 0 Å². The topological polar surface area (TPSA) is 132 Å². The molecule has 9 nitrogen and oxygen atoms in total. The van der Waals surface area contributed by atoms with Gasteiger partial charge in [0.1, 0.15) is 0 Å². The van der Waals surface area contributed by atoms with Crippen molar-refractivity contribution in [3.05, 3.63) is 59.3 Å². The summed E-state index contributed by atoms with van der Waals surface area (Å²) in [6.45, 7) is 16.6. The Morgan fingerprint density at radius 1 is 1.33 bits per heavy atom. The summed E-state index contributed by atoms with van der Waals surface area (Å²) in [4.78, 5) is 20.5. The van der Waals surface area contributed by atoms with Crippen molar-refractivity contribution in [2.75, 3.05) is 45.1 Å². The third-order valence-corrected chi connectivity index (χ3v) is 6.15. The van der Waals surface area contributed by atoms with Crippen molar-refractivity contribution in [3.63, 3.8) is 0 Å². The maximum Gasteiger partial charge on any atom is 0.272 e. The second kappa shape index (κ2) is 12.5. The molecule has 2 heterocycles. The molecule has 1 aliphatic rings. The summed E-state index contributed by atoms with van der Waals surface area (Å²) in [5.41, 5.74) is 11.8. The quantitative estimate of drug-likeness (QED) is 0.225. The molecule has 0 unspecified atom stereocenters. The number of nitrogens with one attached hydrogen (secondary N) is 2. The molecule has 194 valence electrons. The van der Waals surface area contributed by atoms with E-state index in [1.807, 2.05) is 38.1 Å². The maximum atomic E-state index is 13.0. The molecular weight excluding hydrogens is 456 g/mol. The van der Waals surface area contributed by atoms with E-state index in [9.17, 15) is 4.79 Å². The number of nitrogens with zero attached hydrogens (tertiary/aromatic N) is 2. The average molecular weight is 495 g/mol. The highest BCUT2D eigenvalue weighted by Crippen LogP contribution is 2.40. The molecule has 0 atom stereocenters. The minimum Gasteiger partial charge on any atom is -0.411 e. The third kappa shape index (κ3) is 6.23. The van der Waals surface area contributed by atoms with Crippen molar-refractivity contribution in [1.82, 2.24) is 20.4 Å². The van der Waals surface area contributed by atoms with E-state index < -0.39 is 0 Å². The Kier molecular flexibility index (Phi) is 9.46. The number of carbonyl (C=O) groups excluding carboxylic acids is 1. The van der Waals surface area contributed by atoms with E-state index in [1.54, 1.807) is 6.07 Å². The fourth-order valence-electron chi connectivity index (χ4n) is 4.26.